The second-order valence-electron chi connectivity index (χ2n) is 7.81. The van der Waals surface area contributed by atoms with Crippen molar-refractivity contribution in [2.24, 2.45) is 0 Å². The number of nitrogens with one attached hydrogen (secondary N) is 1. The van der Waals surface area contributed by atoms with E-state index in [-0.39, 0.29) is 0 Å². The smallest absolute Gasteiger partial charge is 0.229 e. The molecule has 2 aromatic carbocycles. The average molecular weight is 457 g/mol. The average Bonchev–Trinajstić information content (AvgIpc) is 2.77. The minimum Gasteiger partial charge on any atom is -0.363 e. The predicted molar refractivity (Wildman–Crippen MR) is 130 cm³/mol. The monoisotopic (exact) mass is 456 g/mol. The second-order valence-corrected chi connectivity index (χ2v) is 8.62. The summed E-state index contributed by atoms with van der Waals surface area (Å²) in [5.41, 5.74) is 2.17. The summed E-state index contributed by atoms with van der Waals surface area (Å²) >= 11 is 12.2. The Morgan fingerprint density at radius 1 is 0.903 bits per heavy atom. The Morgan fingerprint density at radius 3 is 2.32 bits per heavy atom. The predicted octanol–water partition coefficient (Wildman–Crippen LogP) is 4.92. The van der Waals surface area contributed by atoms with Crippen LogP contribution in [0.25, 0.3) is 0 Å². The van der Waals surface area contributed by atoms with Crippen molar-refractivity contribution in [3.63, 3.8) is 0 Å². The summed E-state index contributed by atoms with van der Waals surface area (Å²) < 4.78 is 0. The summed E-state index contributed by atoms with van der Waals surface area (Å²) in [4.78, 5) is 16.2. The fourth-order valence-electron chi connectivity index (χ4n) is 3.53. The van der Waals surface area contributed by atoms with Gasteiger partial charge in [0.15, 0.2) is 0 Å². The lowest BCUT2D eigenvalue weighted by Gasteiger charge is -2.35. The first-order valence-corrected chi connectivity index (χ1v) is 11.0. The number of nitrogens with zero attached hydrogens (tertiary/aromatic N) is 5. The van der Waals surface area contributed by atoms with E-state index in [2.05, 4.69) is 45.4 Å². The molecule has 4 rings (SSSR count). The lowest BCUT2D eigenvalue weighted by atomic mass is 10.2. The molecule has 1 saturated heterocycles. The van der Waals surface area contributed by atoms with Crippen LogP contribution in [0, 0.1) is 0 Å². The SMILES string of the molecule is CN(C)c1cc(Nc2ccc(Cl)c(Cl)c2)nc(N2CCN(Cc3ccccc3)CC2)n1. The van der Waals surface area contributed by atoms with Crippen LogP contribution in [-0.2, 0) is 6.54 Å². The number of hydrogen-bond donors (Lipinski definition) is 1. The zero-order valence-corrected chi connectivity index (χ0v) is 19.2. The summed E-state index contributed by atoms with van der Waals surface area (Å²) in [5.74, 6) is 2.30. The maximum atomic E-state index is 6.16. The number of piperazine rings is 1. The normalized spacial score (nSPS) is 14.5. The highest BCUT2D eigenvalue weighted by atomic mass is 35.5. The van der Waals surface area contributed by atoms with Crippen LogP contribution in [0.4, 0.5) is 23.3 Å². The van der Waals surface area contributed by atoms with Gasteiger partial charge >= 0.3 is 0 Å². The molecule has 2 heterocycles. The third-order valence-electron chi connectivity index (χ3n) is 5.26. The number of benzene rings is 2. The number of anilines is 4. The first kappa shape index (κ1) is 21.7. The fourth-order valence-corrected chi connectivity index (χ4v) is 3.82. The molecule has 0 bridgehead atoms. The molecule has 162 valence electrons. The van der Waals surface area contributed by atoms with Crippen LogP contribution in [0.3, 0.4) is 0 Å². The van der Waals surface area contributed by atoms with Crippen molar-refractivity contribution < 1.29 is 0 Å². The lowest BCUT2D eigenvalue weighted by molar-refractivity contribution is 0.249. The highest BCUT2D eigenvalue weighted by Gasteiger charge is 2.20. The van der Waals surface area contributed by atoms with E-state index in [0.29, 0.717) is 10.0 Å². The van der Waals surface area contributed by atoms with Gasteiger partial charge in [-0.3, -0.25) is 4.90 Å². The molecule has 1 aliphatic heterocycles. The number of aromatic nitrogens is 2. The minimum atomic E-state index is 0.503. The van der Waals surface area contributed by atoms with Crippen molar-refractivity contribution in [1.82, 2.24) is 14.9 Å². The summed E-state index contributed by atoms with van der Waals surface area (Å²) in [6.45, 7) is 4.68. The third-order valence-corrected chi connectivity index (χ3v) is 5.99. The maximum Gasteiger partial charge on any atom is 0.229 e. The van der Waals surface area contributed by atoms with Crippen molar-refractivity contribution >= 4 is 46.5 Å². The molecule has 1 N–H and O–H groups in total. The molecule has 0 unspecified atom stereocenters. The minimum absolute atomic E-state index is 0.503. The van der Waals surface area contributed by atoms with E-state index in [0.717, 1.165) is 56.0 Å². The highest BCUT2D eigenvalue weighted by molar-refractivity contribution is 6.42. The van der Waals surface area contributed by atoms with Crippen LogP contribution in [-0.4, -0.2) is 55.1 Å². The molecule has 0 saturated carbocycles. The van der Waals surface area contributed by atoms with Gasteiger partial charge in [0.05, 0.1) is 10.0 Å². The van der Waals surface area contributed by atoms with E-state index in [9.17, 15) is 0 Å². The Bertz CT molecular complexity index is 1020. The standard InChI is InChI=1S/C23H26Cl2N6/c1-29(2)22-15-21(26-18-8-9-19(24)20(25)14-18)27-23(28-22)31-12-10-30(11-13-31)16-17-6-4-3-5-7-17/h3-9,14-15H,10-13,16H2,1-2H3,(H,26,27,28). The molecule has 1 aromatic heterocycles. The van der Waals surface area contributed by atoms with Gasteiger partial charge in [0.25, 0.3) is 0 Å². The number of rotatable bonds is 6. The molecule has 31 heavy (non-hydrogen) atoms. The topological polar surface area (TPSA) is 47.5 Å². The van der Waals surface area contributed by atoms with E-state index in [1.54, 1.807) is 12.1 Å². The molecule has 6 nitrogen and oxygen atoms in total. The van der Waals surface area contributed by atoms with Crippen LogP contribution in [0.2, 0.25) is 10.0 Å². The highest BCUT2D eigenvalue weighted by Crippen LogP contribution is 2.28. The molecule has 3 aromatic rings. The molecule has 0 spiro atoms. The molecular formula is C23H26Cl2N6. The van der Waals surface area contributed by atoms with E-state index in [1.807, 2.05) is 31.1 Å². The molecule has 0 atom stereocenters. The zero-order valence-electron chi connectivity index (χ0n) is 17.7. The van der Waals surface area contributed by atoms with Crippen LogP contribution in [0.1, 0.15) is 5.56 Å². The largest absolute Gasteiger partial charge is 0.363 e. The van der Waals surface area contributed by atoms with Gasteiger partial charge in [-0.25, -0.2) is 0 Å². The van der Waals surface area contributed by atoms with Gasteiger partial charge in [-0.15, -0.1) is 0 Å². The Kier molecular flexibility index (Phi) is 6.80. The number of hydrogen-bond acceptors (Lipinski definition) is 6. The summed E-state index contributed by atoms with van der Waals surface area (Å²) in [5, 5.41) is 4.36. The molecule has 8 heteroatoms. The van der Waals surface area contributed by atoms with Gasteiger partial charge in [-0.05, 0) is 23.8 Å². The van der Waals surface area contributed by atoms with E-state index in [4.69, 9.17) is 33.2 Å². The van der Waals surface area contributed by atoms with Crippen molar-refractivity contribution in [2.75, 3.05) is 55.4 Å². The summed E-state index contributed by atoms with van der Waals surface area (Å²) in [7, 11) is 3.96. The summed E-state index contributed by atoms with van der Waals surface area (Å²) in [6.07, 6.45) is 0. The van der Waals surface area contributed by atoms with Gasteiger partial charge in [0.1, 0.15) is 11.6 Å². The summed E-state index contributed by atoms with van der Waals surface area (Å²) in [6, 6.07) is 18.0. The molecule has 1 fully saturated rings. The number of halogens is 2. The van der Waals surface area contributed by atoms with Crippen LogP contribution >= 0.6 is 23.2 Å². The molecule has 0 radical (unpaired) electrons. The maximum absolute atomic E-state index is 6.16. The Labute approximate surface area is 193 Å². The van der Waals surface area contributed by atoms with Crippen molar-refractivity contribution in [3.05, 3.63) is 70.2 Å². The Hall–Kier alpha value is -2.54. The van der Waals surface area contributed by atoms with Gasteiger partial charge in [0, 0.05) is 58.6 Å². The fraction of sp³-hybridized carbons (Fsp3) is 0.304. The zero-order chi connectivity index (χ0) is 21.8. The Morgan fingerprint density at radius 2 is 1.65 bits per heavy atom. The van der Waals surface area contributed by atoms with E-state index in [1.165, 1.54) is 5.56 Å². The van der Waals surface area contributed by atoms with Gasteiger partial charge < -0.3 is 15.1 Å². The second kappa shape index (κ2) is 9.73. The van der Waals surface area contributed by atoms with Crippen molar-refractivity contribution in [1.29, 1.82) is 0 Å². The third kappa shape index (κ3) is 5.58. The first-order chi connectivity index (χ1) is 15.0. The first-order valence-electron chi connectivity index (χ1n) is 10.3. The van der Waals surface area contributed by atoms with Gasteiger partial charge in [-0.1, -0.05) is 53.5 Å². The van der Waals surface area contributed by atoms with Crippen molar-refractivity contribution in [2.45, 2.75) is 6.54 Å². The molecule has 1 aliphatic rings. The Balaban J connectivity index is 1.48. The van der Waals surface area contributed by atoms with E-state index >= 15 is 0 Å². The van der Waals surface area contributed by atoms with Crippen LogP contribution in [0.15, 0.2) is 54.6 Å². The van der Waals surface area contributed by atoms with E-state index < -0.39 is 0 Å². The van der Waals surface area contributed by atoms with Gasteiger partial charge in [-0.2, -0.15) is 9.97 Å². The van der Waals surface area contributed by atoms with Crippen molar-refractivity contribution in [3.8, 4) is 0 Å². The van der Waals surface area contributed by atoms with Gasteiger partial charge in [0.2, 0.25) is 5.95 Å². The molecule has 0 amide bonds. The van der Waals surface area contributed by atoms with Crippen LogP contribution < -0.4 is 15.1 Å². The van der Waals surface area contributed by atoms with Crippen LogP contribution in [0.5, 0.6) is 0 Å². The lowest BCUT2D eigenvalue weighted by Crippen LogP contribution is -2.46. The quantitative estimate of drug-likeness (QED) is 0.568. The molecule has 0 aliphatic carbocycles. The molecular weight excluding hydrogens is 431 g/mol.